The highest BCUT2D eigenvalue weighted by Crippen LogP contribution is 2.45. The highest BCUT2D eigenvalue weighted by molar-refractivity contribution is 5.64. The van der Waals surface area contributed by atoms with Gasteiger partial charge in [-0.25, -0.2) is 0 Å². The van der Waals surface area contributed by atoms with Gasteiger partial charge in [-0.1, -0.05) is 108 Å². The van der Waals surface area contributed by atoms with Crippen molar-refractivity contribution in [1.82, 2.24) is 0 Å². The van der Waals surface area contributed by atoms with Crippen molar-refractivity contribution in [2.45, 2.75) is 110 Å². The van der Waals surface area contributed by atoms with Crippen LogP contribution in [-0.2, 0) is 6.42 Å². The van der Waals surface area contributed by atoms with Gasteiger partial charge in [0.15, 0.2) is 0 Å². The fraction of sp³-hybridized carbons (Fsp3) is 0.600. The summed E-state index contributed by atoms with van der Waals surface area (Å²) in [6, 6.07) is 18.8. The molecule has 164 valence electrons. The SMILES string of the molecule is CCCCCCCc1ccc(-c2ccc(C3CCC(C)(CCCC)CC3)cc2)cc1. The minimum absolute atomic E-state index is 0.601. The molecule has 0 heterocycles. The Kier molecular flexibility index (Phi) is 9.04. The van der Waals surface area contributed by atoms with Crippen molar-refractivity contribution < 1.29 is 0 Å². The Morgan fingerprint density at radius 1 is 0.700 bits per heavy atom. The number of hydrogen-bond donors (Lipinski definition) is 0. The normalized spacial score (nSPS) is 21.6. The van der Waals surface area contributed by atoms with Gasteiger partial charge in [-0.2, -0.15) is 0 Å². The molecule has 0 bridgehead atoms. The highest BCUT2D eigenvalue weighted by atomic mass is 14.4. The third kappa shape index (κ3) is 6.73. The molecule has 2 aromatic rings. The van der Waals surface area contributed by atoms with E-state index in [2.05, 4.69) is 69.3 Å². The number of unbranched alkanes of at least 4 members (excludes halogenated alkanes) is 5. The van der Waals surface area contributed by atoms with Gasteiger partial charge in [0.2, 0.25) is 0 Å². The van der Waals surface area contributed by atoms with Crippen LogP contribution in [0.3, 0.4) is 0 Å². The van der Waals surface area contributed by atoms with Crippen LogP contribution in [0.4, 0.5) is 0 Å². The van der Waals surface area contributed by atoms with Crippen LogP contribution >= 0.6 is 0 Å². The summed E-state index contributed by atoms with van der Waals surface area (Å²) in [5, 5.41) is 0. The highest BCUT2D eigenvalue weighted by Gasteiger charge is 2.30. The molecule has 30 heavy (non-hydrogen) atoms. The van der Waals surface area contributed by atoms with E-state index in [0.29, 0.717) is 5.41 Å². The first kappa shape index (κ1) is 23.1. The van der Waals surface area contributed by atoms with Gasteiger partial charge in [-0.3, -0.25) is 0 Å². The monoisotopic (exact) mass is 404 g/mol. The second-order valence-electron chi connectivity index (χ2n) is 10.2. The topological polar surface area (TPSA) is 0 Å². The summed E-state index contributed by atoms with van der Waals surface area (Å²) in [7, 11) is 0. The minimum atomic E-state index is 0.601. The lowest BCUT2D eigenvalue weighted by Crippen LogP contribution is -2.23. The summed E-state index contributed by atoms with van der Waals surface area (Å²) in [4.78, 5) is 0. The van der Waals surface area contributed by atoms with Gasteiger partial charge in [0.25, 0.3) is 0 Å². The molecule has 0 nitrogen and oxygen atoms in total. The predicted octanol–water partition coefficient (Wildman–Crippen LogP) is 9.72. The number of aryl methyl sites for hydroxylation is 1. The van der Waals surface area contributed by atoms with Crippen molar-refractivity contribution >= 4 is 0 Å². The molecule has 0 aromatic heterocycles. The van der Waals surface area contributed by atoms with Crippen LogP contribution in [0.25, 0.3) is 11.1 Å². The summed E-state index contributed by atoms with van der Waals surface area (Å²) >= 11 is 0. The lowest BCUT2D eigenvalue weighted by molar-refractivity contribution is 0.179. The Balaban J connectivity index is 1.51. The molecule has 0 aliphatic heterocycles. The minimum Gasteiger partial charge on any atom is -0.0654 e. The molecule has 0 heteroatoms. The van der Waals surface area contributed by atoms with E-state index in [1.165, 1.54) is 100 Å². The van der Waals surface area contributed by atoms with E-state index in [1.54, 1.807) is 5.56 Å². The second kappa shape index (κ2) is 11.7. The average molecular weight is 405 g/mol. The van der Waals surface area contributed by atoms with Crippen molar-refractivity contribution in [2.24, 2.45) is 5.41 Å². The van der Waals surface area contributed by atoms with Crippen molar-refractivity contribution in [1.29, 1.82) is 0 Å². The van der Waals surface area contributed by atoms with E-state index >= 15 is 0 Å². The maximum atomic E-state index is 2.52. The van der Waals surface area contributed by atoms with Gasteiger partial charge < -0.3 is 0 Å². The van der Waals surface area contributed by atoms with E-state index in [4.69, 9.17) is 0 Å². The third-order valence-electron chi connectivity index (χ3n) is 7.56. The number of rotatable bonds is 11. The standard InChI is InChI=1S/C30H44/c1-4-6-8-9-10-11-25-12-14-26(15-13-25)27-16-18-28(19-17-27)29-20-23-30(3,24-21-29)22-7-5-2/h12-19,29H,4-11,20-24H2,1-3H3. The summed E-state index contributed by atoms with van der Waals surface area (Å²) < 4.78 is 0. The van der Waals surface area contributed by atoms with Crippen LogP contribution in [0.15, 0.2) is 48.5 Å². The molecule has 0 radical (unpaired) electrons. The van der Waals surface area contributed by atoms with Gasteiger partial charge in [0.05, 0.1) is 0 Å². The molecule has 1 aliphatic rings. The van der Waals surface area contributed by atoms with E-state index in [-0.39, 0.29) is 0 Å². The molecule has 1 saturated carbocycles. The molecule has 0 unspecified atom stereocenters. The van der Waals surface area contributed by atoms with Crippen molar-refractivity contribution in [3.05, 3.63) is 59.7 Å². The third-order valence-corrected chi connectivity index (χ3v) is 7.56. The molecular weight excluding hydrogens is 360 g/mol. The largest absolute Gasteiger partial charge is 0.0654 e. The van der Waals surface area contributed by atoms with Gasteiger partial charge in [-0.15, -0.1) is 0 Å². The summed E-state index contributed by atoms with van der Waals surface area (Å²) in [5.74, 6) is 0.767. The summed E-state index contributed by atoms with van der Waals surface area (Å²) in [6.07, 6.45) is 17.7. The lowest BCUT2D eigenvalue weighted by Gasteiger charge is -2.37. The Morgan fingerprint density at radius 3 is 1.87 bits per heavy atom. The van der Waals surface area contributed by atoms with Crippen LogP contribution in [-0.4, -0.2) is 0 Å². The molecule has 0 N–H and O–H groups in total. The van der Waals surface area contributed by atoms with Crippen LogP contribution in [0.1, 0.15) is 115 Å². The molecule has 1 aliphatic carbocycles. The van der Waals surface area contributed by atoms with Gasteiger partial charge in [0, 0.05) is 0 Å². The zero-order chi connectivity index (χ0) is 21.2. The summed E-state index contributed by atoms with van der Waals surface area (Å²) in [5.41, 5.74) is 6.36. The first-order valence-electron chi connectivity index (χ1n) is 12.8. The smallest absolute Gasteiger partial charge is 0.0162 e. The Hall–Kier alpha value is -1.56. The van der Waals surface area contributed by atoms with Crippen molar-refractivity contribution in [3.63, 3.8) is 0 Å². The molecular formula is C30H44. The van der Waals surface area contributed by atoms with Crippen LogP contribution in [0, 0.1) is 5.41 Å². The zero-order valence-electron chi connectivity index (χ0n) is 19.9. The quantitative estimate of drug-likeness (QED) is 0.327. The van der Waals surface area contributed by atoms with E-state index in [9.17, 15) is 0 Å². The van der Waals surface area contributed by atoms with E-state index in [0.717, 1.165) is 5.92 Å². The van der Waals surface area contributed by atoms with Crippen LogP contribution in [0.5, 0.6) is 0 Å². The molecule has 2 aromatic carbocycles. The molecule has 0 atom stereocenters. The van der Waals surface area contributed by atoms with Gasteiger partial charge in [0.1, 0.15) is 0 Å². The van der Waals surface area contributed by atoms with E-state index < -0.39 is 0 Å². The van der Waals surface area contributed by atoms with Gasteiger partial charge in [-0.05, 0) is 78.5 Å². The van der Waals surface area contributed by atoms with Crippen molar-refractivity contribution in [3.8, 4) is 11.1 Å². The fourth-order valence-corrected chi connectivity index (χ4v) is 5.25. The number of hydrogen-bond acceptors (Lipinski definition) is 0. The molecule has 3 rings (SSSR count). The number of benzene rings is 2. The Labute approximate surface area is 186 Å². The lowest BCUT2D eigenvalue weighted by atomic mass is 9.68. The fourth-order valence-electron chi connectivity index (χ4n) is 5.25. The molecule has 1 fully saturated rings. The zero-order valence-corrected chi connectivity index (χ0v) is 19.9. The van der Waals surface area contributed by atoms with Crippen LogP contribution in [0.2, 0.25) is 0 Å². The predicted molar refractivity (Wildman–Crippen MR) is 133 cm³/mol. The second-order valence-corrected chi connectivity index (χ2v) is 10.2. The van der Waals surface area contributed by atoms with Crippen LogP contribution < -0.4 is 0 Å². The average Bonchev–Trinajstić information content (AvgIpc) is 2.79. The first-order chi connectivity index (χ1) is 14.6. The van der Waals surface area contributed by atoms with Gasteiger partial charge >= 0.3 is 0 Å². The Morgan fingerprint density at radius 2 is 1.27 bits per heavy atom. The maximum Gasteiger partial charge on any atom is -0.0162 e. The summed E-state index contributed by atoms with van der Waals surface area (Å²) in [6.45, 7) is 7.13. The van der Waals surface area contributed by atoms with Crippen molar-refractivity contribution in [2.75, 3.05) is 0 Å². The maximum absolute atomic E-state index is 2.52. The molecule has 0 spiro atoms. The molecule has 0 saturated heterocycles. The Bertz CT molecular complexity index is 714. The molecule has 0 amide bonds. The van der Waals surface area contributed by atoms with E-state index in [1.807, 2.05) is 0 Å². The first-order valence-corrected chi connectivity index (χ1v) is 12.8.